The Labute approximate surface area is 185 Å². The van der Waals surface area contributed by atoms with Crippen molar-refractivity contribution in [3.8, 4) is 11.5 Å². The molecule has 0 bridgehead atoms. The number of hydrogen-bond donors (Lipinski definition) is 1. The summed E-state index contributed by atoms with van der Waals surface area (Å²) < 4.78 is 49.3. The average molecular weight is 452 g/mol. The summed E-state index contributed by atoms with van der Waals surface area (Å²) in [5.74, 6) is 0.339. The summed E-state index contributed by atoms with van der Waals surface area (Å²) in [7, 11) is 0. The summed E-state index contributed by atoms with van der Waals surface area (Å²) in [4.78, 5) is 18.5. The first-order valence-corrected chi connectivity index (χ1v) is 10.5. The third kappa shape index (κ3) is 5.91. The molecule has 0 aliphatic carbocycles. The number of carbonyl (C=O) groups is 1. The van der Waals surface area contributed by atoms with Crippen LogP contribution in [0.3, 0.4) is 0 Å². The average Bonchev–Trinajstić information content (AvgIpc) is 2.76. The minimum Gasteiger partial charge on any atom is -0.491 e. The van der Waals surface area contributed by atoms with E-state index in [0.29, 0.717) is 24.3 Å². The molecule has 32 heavy (non-hydrogen) atoms. The predicted molar refractivity (Wildman–Crippen MR) is 111 cm³/mol. The zero-order valence-corrected chi connectivity index (χ0v) is 18.0. The fourth-order valence-electron chi connectivity index (χ4n) is 3.75. The number of aliphatic hydroxyl groups is 1. The van der Waals surface area contributed by atoms with E-state index in [-0.39, 0.29) is 24.4 Å². The Balaban J connectivity index is 1.69. The third-order valence-electron chi connectivity index (χ3n) is 5.27. The summed E-state index contributed by atoms with van der Waals surface area (Å²) in [6, 6.07) is 5.39. The highest BCUT2D eigenvalue weighted by Gasteiger charge is 2.35. The number of nitrogens with zero attached hydrogens (tertiary/aromatic N) is 2. The molecular formula is C23H27F3N2O4. The second-order valence-electron chi connectivity index (χ2n) is 7.99. The number of carbonyl (C=O) groups excluding carboxylic acids is 1. The second-order valence-corrected chi connectivity index (χ2v) is 7.99. The van der Waals surface area contributed by atoms with Gasteiger partial charge in [0.25, 0.3) is 5.91 Å². The Morgan fingerprint density at radius 3 is 2.59 bits per heavy atom. The van der Waals surface area contributed by atoms with E-state index >= 15 is 0 Å². The van der Waals surface area contributed by atoms with Crippen molar-refractivity contribution in [1.29, 1.82) is 0 Å². The lowest BCUT2D eigenvalue weighted by Crippen LogP contribution is -2.48. The largest absolute Gasteiger partial charge is 0.491 e. The fourth-order valence-corrected chi connectivity index (χ4v) is 3.75. The van der Waals surface area contributed by atoms with Gasteiger partial charge in [-0.1, -0.05) is 0 Å². The molecule has 1 N–H and O–H groups in total. The van der Waals surface area contributed by atoms with Gasteiger partial charge in [0.15, 0.2) is 6.61 Å². The summed E-state index contributed by atoms with van der Waals surface area (Å²) in [5.41, 5.74) is -0.277. The van der Waals surface area contributed by atoms with Crippen LogP contribution in [0.4, 0.5) is 13.2 Å². The van der Waals surface area contributed by atoms with Gasteiger partial charge in [0.2, 0.25) is 0 Å². The lowest BCUT2D eigenvalue weighted by molar-refractivity contribution is -0.140. The van der Waals surface area contributed by atoms with E-state index in [1.165, 1.54) is 12.1 Å². The van der Waals surface area contributed by atoms with Gasteiger partial charge in [-0.15, -0.1) is 0 Å². The molecule has 1 aliphatic heterocycles. The van der Waals surface area contributed by atoms with Crippen LogP contribution in [0.2, 0.25) is 0 Å². The van der Waals surface area contributed by atoms with Crippen molar-refractivity contribution in [2.45, 2.75) is 57.5 Å². The van der Waals surface area contributed by atoms with E-state index in [1.807, 2.05) is 13.8 Å². The Kier molecular flexibility index (Phi) is 7.60. The molecule has 1 aromatic carbocycles. The maximum absolute atomic E-state index is 12.9. The van der Waals surface area contributed by atoms with Gasteiger partial charge in [0.05, 0.1) is 17.7 Å². The number of alkyl halides is 3. The first-order valence-electron chi connectivity index (χ1n) is 10.5. The van der Waals surface area contributed by atoms with Crippen LogP contribution in [0.1, 0.15) is 50.3 Å². The van der Waals surface area contributed by atoms with Gasteiger partial charge in [-0.05, 0) is 63.4 Å². The van der Waals surface area contributed by atoms with E-state index < -0.39 is 23.9 Å². The smallest absolute Gasteiger partial charge is 0.416 e. The molecule has 1 amide bonds. The van der Waals surface area contributed by atoms with E-state index in [1.54, 1.807) is 23.4 Å². The van der Waals surface area contributed by atoms with E-state index in [4.69, 9.17) is 9.47 Å². The van der Waals surface area contributed by atoms with Crippen molar-refractivity contribution in [3.63, 3.8) is 0 Å². The number of aromatic nitrogens is 1. The first kappa shape index (κ1) is 23.8. The summed E-state index contributed by atoms with van der Waals surface area (Å²) in [5, 5.41) is 11.1. The van der Waals surface area contributed by atoms with Crippen molar-refractivity contribution in [3.05, 3.63) is 53.9 Å². The topological polar surface area (TPSA) is 71.9 Å². The normalized spacial score (nSPS) is 17.8. The maximum atomic E-state index is 12.9. The Morgan fingerprint density at radius 1 is 1.22 bits per heavy atom. The van der Waals surface area contributed by atoms with Crippen LogP contribution in [-0.2, 0) is 11.0 Å². The van der Waals surface area contributed by atoms with E-state index in [2.05, 4.69) is 4.98 Å². The van der Waals surface area contributed by atoms with Gasteiger partial charge in [0.1, 0.15) is 17.6 Å². The molecule has 2 atom stereocenters. The van der Waals surface area contributed by atoms with Gasteiger partial charge < -0.3 is 19.5 Å². The van der Waals surface area contributed by atoms with Gasteiger partial charge >= 0.3 is 6.18 Å². The molecule has 1 unspecified atom stereocenters. The number of halogens is 3. The lowest BCUT2D eigenvalue weighted by Gasteiger charge is -2.38. The Bertz CT molecular complexity index is 903. The highest BCUT2D eigenvalue weighted by atomic mass is 19.4. The number of benzene rings is 1. The molecule has 0 radical (unpaired) electrons. The number of likely N-dealkylation sites (tertiary alicyclic amines) is 1. The summed E-state index contributed by atoms with van der Waals surface area (Å²) >= 11 is 0. The van der Waals surface area contributed by atoms with Crippen molar-refractivity contribution in [1.82, 2.24) is 9.88 Å². The molecule has 2 heterocycles. The molecule has 6 nitrogen and oxygen atoms in total. The van der Waals surface area contributed by atoms with Gasteiger partial charge in [-0.25, -0.2) is 0 Å². The molecule has 1 fully saturated rings. The minimum absolute atomic E-state index is 0.0930. The number of amides is 1. The van der Waals surface area contributed by atoms with Crippen molar-refractivity contribution in [2.24, 2.45) is 0 Å². The van der Waals surface area contributed by atoms with Crippen LogP contribution in [0.15, 0.2) is 42.7 Å². The molecule has 174 valence electrons. The zero-order chi connectivity index (χ0) is 23.3. The molecule has 1 saturated heterocycles. The SMILES string of the molecule is CC(C)Oc1ccncc1C(O)[C@H]1CCCCN1C(=O)COc1ccc(C(F)(F)F)cc1. The lowest BCUT2D eigenvalue weighted by atomic mass is 9.93. The van der Waals surface area contributed by atoms with Crippen LogP contribution in [-0.4, -0.2) is 46.2 Å². The van der Waals surface area contributed by atoms with Gasteiger partial charge in [-0.3, -0.25) is 9.78 Å². The molecule has 1 aliphatic rings. The number of pyridine rings is 1. The summed E-state index contributed by atoms with van der Waals surface area (Å²) in [6.07, 6.45) is -0.159. The molecule has 2 aromatic rings. The Hall–Kier alpha value is -2.81. The van der Waals surface area contributed by atoms with E-state index in [9.17, 15) is 23.1 Å². The van der Waals surface area contributed by atoms with Crippen LogP contribution in [0.5, 0.6) is 11.5 Å². The van der Waals surface area contributed by atoms with Crippen molar-refractivity contribution < 1.29 is 32.5 Å². The van der Waals surface area contributed by atoms with Crippen LogP contribution in [0.25, 0.3) is 0 Å². The zero-order valence-electron chi connectivity index (χ0n) is 18.0. The molecule has 0 spiro atoms. The molecule has 9 heteroatoms. The van der Waals surface area contributed by atoms with Gasteiger partial charge in [0, 0.05) is 24.5 Å². The monoisotopic (exact) mass is 452 g/mol. The third-order valence-corrected chi connectivity index (χ3v) is 5.27. The first-order chi connectivity index (χ1) is 15.2. The number of rotatable bonds is 7. The molecule has 0 saturated carbocycles. The highest BCUT2D eigenvalue weighted by molar-refractivity contribution is 5.78. The Morgan fingerprint density at radius 2 is 1.94 bits per heavy atom. The summed E-state index contributed by atoms with van der Waals surface area (Å²) in [6.45, 7) is 3.88. The second kappa shape index (κ2) is 10.2. The molecular weight excluding hydrogens is 425 g/mol. The van der Waals surface area contributed by atoms with Crippen LogP contribution >= 0.6 is 0 Å². The molecule has 3 rings (SSSR count). The predicted octanol–water partition coefficient (Wildman–Crippen LogP) is 4.38. The van der Waals surface area contributed by atoms with Gasteiger partial charge in [-0.2, -0.15) is 13.2 Å². The number of piperidine rings is 1. The van der Waals surface area contributed by atoms with E-state index in [0.717, 1.165) is 25.0 Å². The number of hydrogen-bond acceptors (Lipinski definition) is 5. The fraction of sp³-hybridized carbons (Fsp3) is 0.478. The molecule has 1 aromatic heterocycles. The maximum Gasteiger partial charge on any atom is 0.416 e. The van der Waals surface area contributed by atoms with Crippen molar-refractivity contribution >= 4 is 5.91 Å². The quantitative estimate of drug-likeness (QED) is 0.675. The highest BCUT2D eigenvalue weighted by Crippen LogP contribution is 2.34. The minimum atomic E-state index is -4.43. The van der Waals surface area contributed by atoms with Crippen LogP contribution < -0.4 is 9.47 Å². The number of ether oxygens (including phenoxy) is 2. The number of aliphatic hydroxyl groups excluding tert-OH is 1. The standard InChI is InChI=1S/C23H27F3N2O4/c1-15(2)32-20-10-11-27-13-18(20)22(30)19-5-3-4-12-28(19)21(29)14-31-17-8-6-16(7-9-17)23(24,25)26/h6-11,13,15,19,22,30H,3-5,12,14H2,1-2H3/t19-,22?/m1/s1. The van der Waals surface area contributed by atoms with Crippen molar-refractivity contribution in [2.75, 3.05) is 13.2 Å². The van der Waals surface area contributed by atoms with Crippen LogP contribution in [0, 0.1) is 0 Å².